The molecule has 2 heteroatoms. The molecule has 128 valence electrons. The van der Waals surface area contributed by atoms with Gasteiger partial charge in [-0.15, -0.1) is 0 Å². The van der Waals surface area contributed by atoms with Gasteiger partial charge in [0.25, 0.3) is 0 Å². The number of carbonyl (C=O) groups is 1. The predicted molar refractivity (Wildman–Crippen MR) is 102 cm³/mol. The van der Waals surface area contributed by atoms with Crippen molar-refractivity contribution in [1.82, 2.24) is 5.32 Å². The zero-order valence-corrected chi connectivity index (χ0v) is 15.1. The first-order chi connectivity index (χ1) is 11.6. The number of hydrogen-bond donors (Lipinski definition) is 1. The van der Waals surface area contributed by atoms with Crippen LogP contribution < -0.4 is 5.32 Å². The van der Waals surface area contributed by atoms with E-state index >= 15 is 0 Å². The van der Waals surface area contributed by atoms with Gasteiger partial charge in [0.2, 0.25) is 0 Å². The predicted octanol–water partition coefficient (Wildman–Crippen LogP) is 5.39. The Morgan fingerprint density at radius 2 is 2.17 bits per heavy atom. The molecule has 2 aliphatic carbocycles. The molecular weight excluding hydrogens is 294 g/mol. The molecule has 2 nitrogen and oxygen atoms in total. The van der Waals surface area contributed by atoms with Gasteiger partial charge in [0.1, 0.15) is 6.29 Å². The summed E-state index contributed by atoms with van der Waals surface area (Å²) in [5.41, 5.74) is 4.81. The minimum absolute atomic E-state index is 0.367. The zero-order chi connectivity index (χ0) is 17.6. The summed E-state index contributed by atoms with van der Waals surface area (Å²) >= 11 is 0. The maximum atomic E-state index is 10.9. The van der Waals surface area contributed by atoms with Crippen molar-refractivity contribution in [3.8, 4) is 0 Å². The highest BCUT2D eigenvalue weighted by atomic mass is 16.1. The minimum Gasteiger partial charge on any atom is -0.359 e. The van der Waals surface area contributed by atoms with Crippen LogP contribution in [-0.2, 0) is 4.79 Å². The van der Waals surface area contributed by atoms with Crippen molar-refractivity contribution in [1.29, 1.82) is 0 Å². The van der Waals surface area contributed by atoms with Gasteiger partial charge < -0.3 is 5.32 Å². The van der Waals surface area contributed by atoms with Crippen LogP contribution in [0.3, 0.4) is 0 Å². The molecular formula is C22H29NO. The standard InChI is InChI=1S/C22H29NO/c1-5-8-10-21(19(9-6-2)12-14-24)23-17(4)15-22-13-11-20(22)18(7-3)16-22/h5-6,8-12,14,18,23H,4,7,13,15-16H2,1-3H3/b8-5-,9-6-,19-12+,21-10+. The normalized spacial score (nSPS) is 26.6. The van der Waals surface area contributed by atoms with Gasteiger partial charge >= 0.3 is 0 Å². The second kappa shape index (κ2) is 8.14. The molecule has 2 aliphatic rings. The first-order valence-electron chi connectivity index (χ1n) is 8.87. The highest BCUT2D eigenvalue weighted by Crippen LogP contribution is 2.63. The topological polar surface area (TPSA) is 29.1 Å². The lowest BCUT2D eigenvalue weighted by molar-refractivity contribution is -0.104. The Labute approximate surface area is 146 Å². The molecule has 0 aromatic carbocycles. The molecule has 24 heavy (non-hydrogen) atoms. The van der Waals surface area contributed by atoms with Crippen molar-refractivity contribution >= 4 is 6.29 Å². The number of carbonyl (C=O) groups excluding carboxylic acids is 1. The molecule has 0 heterocycles. The fourth-order valence-electron chi connectivity index (χ4n) is 3.90. The van der Waals surface area contributed by atoms with Crippen LogP contribution in [0.5, 0.6) is 0 Å². The van der Waals surface area contributed by atoms with Crippen LogP contribution in [0, 0.1) is 11.3 Å². The SMILES string of the molecule is C=C(CC12CC=C1C(CC)C2)NC(=C/C=C\C)/C(/C=C\C)=C/C=O. The molecule has 0 aromatic heterocycles. The number of aldehydes is 1. The van der Waals surface area contributed by atoms with E-state index in [0.29, 0.717) is 5.41 Å². The molecule has 1 fully saturated rings. The summed E-state index contributed by atoms with van der Waals surface area (Å²) < 4.78 is 0. The number of nitrogens with one attached hydrogen (secondary N) is 1. The lowest BCUT2D eigenvalue weighted by Gasteiger charge is -2.57. The highest BCUT2D eigenvalue weighted by molar-refractivity contribution is 5.69. The Morgan fingerprint density at radius 3 is 2.67 bits per heavy atom. The van der Waals surface area contributed by atoms with E-state index in [4.69, 9.17) is 0 Å². The highest BCUT2D eigenvalue weighted by Gasteiger charge is 2.52. The number of hydrogen-bond acceptors (Lipinski definition) is 2. The van der Waals surface area contributed by atoms with E-state index in [1.807, 2.05) is 44.2 Å². The summed E-state index contributed by atoms with van der Waals surface area (Å²) in [5.74, 6) is 0.790. The Morgan fingerprint density at radius 1 is 1.38 bits per heavy atom. The van der Waals surface area contributed by atoms with Gasteiger partial charge in [0, 0.05) is 22.4 Å². The molecule has 0 aromatic rings. The van der Waals surface area contributed by atoms with Crippen molar-refractivity contribution in [2.45, 2.75) is 46.5 Å². The Hall–Kier alpha value is -2.09. The number of fused-ring (bicyclic) bond motifs is 1. The van der Waals surface area contributed by atoms with E-state index in [1.54, 1.807) is 11.6 Å². The van der Waals surface area contributed by atoms with Crippen molar-refractivity contribution in [2.75, 3.05) is 0 Å². The number of rotatable bonds is 9. The molecule has 2 unspecified atom stereocenters. The summed E-state index contributed by atoms with van der Waals surface area (Å²) in [6.45, 7) is 10.4. The summed E-state index contributed by atoms with van der Waals surface area (Å²) in [7, 11) is 0. The fraction of sp³-hybridized carbons (Fsp3) is 0.409. The van der Waals surface area contributed by atoms with Gasteiger partial charge in [-0.25, -0.2) is 0 Å². The molecule has 0 aliphatic heterocycles. The quantitative estimate of drug-likeness (QED) is 0.267. The minimum atomic E-state index is 0.367. The van der Waals surface area contributed by atoms with Crippen LogP contribution in [0.15, 0.2) is 71.7 Å². The maximum absolute atomic E-state index is 10.9. The van der Waals surface area contributed by atoms with Gasteiger partial charge in [-0.1, -0.05) is 49.5 Å². The van der Waals surface area contributed by atoms with Gasteiger partial charge in [-0.2, -0.15) is 0 Å². The van der Waals surface area contributed by atoms with Crippen LogP contribution in [0.2, 0.25) is 0 Å². The molecule has 2 atom stereocenters. The van der Waals surface area contributed by atoms with E-state index in [1.165, 1.54) is 19.3 Å². The molecule has 0 spiro atoms. The third-order valence-corrected chi connectivity index (χ3v) is 5.12. The third kappa shape index (κ3) is 3.69. The van der Waals surface area contributed by atoms with Crippen LogP contribution in [0.25, 0.3) is 0 Å². The summed E-state index contributed by atoms with van der Waals surface area (Å²) in [5, 5.41) is 3.44. The van der Waals surface area contributed by atoms with Gasteiger partial charge in [0.15, 0.2) is 0 Å². The van der Waals surface area contributed by atoms with Crippen molar-refractivity contribution in [3.63, 3.8) is 0 Å². The van der Waals surface area contributed by atoms with Crippen molar-refractivity contribution in [2.24, 2.45) is 11.3 Å². The Bertz CT molecular complexity index is 645. The first kappa shape index (κ1) is 18.3. The zero-order valence-electron chi connectivity index (χ0n) is 15.1. The largest absolute Gasteiger partial charge is 0.359 e. The maximum Gasteiger partial charge on any atom is 0.143 e. The lowest BCUT2D eigenvalue weighted by atomic mass is 9.48. The molecule has 0 amide bonds. The monoisotopic (exact) mass is 323 g/mol. The average molecular weight is 323 g/mol. The molecule has 0 radical (unpaired) electrons. The third-order valence-electron chi connectivity index (χ3n) is 5.12. The summed E-state index contributed by atoms with van der Waals surface area (Å²) in [6, 6.07) is 0. The van der Waals surface area contributed by atoms with E-state index < -0.39 is 0 Å². The average Bonchev–Trinajstić information content (AvgIpc) is 2.56. The van der Waals surface area contributed by atoms with Gasteiger partial charge in [-0.3, -0.25) is 4.79 Å². The van der Waals surface area contributed by atoms with Gasteiger partial charge in [0.05, 0.1) is 0 Å². The molecule has 1 N–H and O–H groups in total. The molecule has 0 saturated heterocycles. The molecule has 2 rings (SSSR count). The van der Waals surface area contributed by atoms with Crippen LogP contribution in [0.1, 0.15) is 46.5 Å². The van der Waals surface area contributed by atoms with Crippen molar-refractivity contribution in [3.05, 3.63) is 71.7 Å². The molecule has 0 bridgehead atoms. The van der Waals surface area contributed by atoms with E-state index in [9.17, 15) is 4.79 Å². The first-order valence-corrected chi connectivity index (χ1v) is 8.87. The second-order valence-electron chi connectivity index (χ2n) is 6.72. The van der Waals surface area contributed by atoms with E-state index in [0.717, 1.165) is 35.6 Å². The fourth-order valence-corrected chi connectivity index (χ4v) is 3.90. The van der Waals surface area contributed by atoms with Crippen molar-refractivity contribution < 1.29 is 4.79 Å². The van der Waals surface area contributed by atoms with Crippen LogP contribution in [0.4, 0.5) is 0 Å². The van der Waals surface area contributed by atoms with Gasteiger partial charge in [-0.05, 0) is 57.6 Å². The smallest absolute Gasteiger partial charge is 0.143 e. The molecule has 1 saturated carbocycles. The van der Waals surface area contributed by atoms with Crippen LogP contribution in [-0.4, -0.2) is 6.29 Å². The second-order valence-corrected chi connectivity index (χ2v) is 6.72. The van der Waals surface area contributed by atoms with E-state index in [-0.39, 0.29) is 0 Å². The van der Waals surface area contributed by atoms with Crippen LogP contribution >= 0.6 is 0 Å². The lowest BCUT2D eigenvalue weighted by Crippen LogP contribution is -2.46. The Balaban J connectivity index is 2.07. The number of allylic oxidation sites excluding steroid dienone is 9. The van der Waals surface area contributed by atoms with E-state index in [2.05, 4.69) is 24.9 Å². The summed E-state index contributed by atoms with van der Waals surface area (Å²) in [4.78, 5) is 10.9. The summed E-state index contributed by atoms with van der Waals surface area (Å²) in [6.07, 6.45) is 19.3. The Kier molecular flexibility index (Phi) is 6.19.